The van der Waals surface area contributed by atoms with Crippen molar-refractivity contribution in [2.75, 3.05) is 0 Å². The first-order chi connectivity index (χ1) is 6.40. The number of carbonyl (C=O) groups is 2. The summed E-state index contributed by atoms with van der Waals surface area (Å²) in [4.78, 5) is 22.5. The molecule has 14 heavy (non-hydrogen) atoms. The van der Waals surface area contributed by atoms with Crippen molar-refractivity contribution in [1.29, 1.82) is 0 Å². The maximum absolute atomic E-state index is 11.3. The summed E-state index contributed by atoms with van der Waals surface area (Å²) in [6.07, 6.45) is 1.60. The molecule has 0 spiro atoms. The zero-order valence-corrected chi connectivity index (χ0v) is 9.30. The maximum atomic E-state index is 11.3. The van der Waals surface area contributed by atoms with Crippen molar-refractivity contribution in [1.82, 2.24) is 0 Å². The van der Waals surface area contributed by atoms with Crippen LogP contribution in [0.3, 0.4) is 0 Å². The normalized spacial score (nSPS) is 10.8. The zero-order valence-electron chi connectivity index (χ0n) is 9.30. The molecule has 0 aromatic rings. The van der Waals surface area contributed by atoms with E-state index < -0.39 is 11.9 Å². The van der Waals surface area contributed by atoms with Crippen LogP contribution in [0.4, 0.5) is 0 Å². The molecule has 0 atom stereocenters. The zero-order chi connectivity index (χ0) is 11.3. The van der Waals surface area contributed by atoms with Crippen LogP contribution in [0, 0.1) is 0 Å². The summed E-state index contributed by atoms with van der Waals surface area (Å²) in [6.45, 7) is 8.55. The molecule has 0 unspecified atom stereocenters. The molecule has 0 amide bonds. The lowest BCUT2D eigenvalue weighted by Gasteiger charge is -2.04. The lowest BCUT2D eigenvalue weighted by Crippen LogP contribution is -2.14. The first-order valence-corrected chi connectivity index (χ1v) is 4.43. The van der Waals surface area contributed by atoms with Crippen LogP contribution in [0.5, 0.6) is 0 Å². The van der Waals surface area contributed by atoms with Gasteiger partial charge in [-0.15, -0.1) is 0 Å². The molecule has 0 aromatic heterocycles. The Labute approximate surface area is 84.4 Å². The highest BCUT2D eigenvalue weighted by Gasteiger charge is 2.13. The molecule has 0 radical (unpaired) electrons. The van der Waals surface area contributed by atoms with Gasteiger partial charge in [0.2, 0.25) is 0 Å². The predicted octanol–water partition coefficient (Wildman–Crippen LogP) is 2.38. The lowest BCUT2D eigenvalue weighted by molar-refractivity contribution is -0.154. The van der Waals surface area contributed by atoms with Gasteiger partial charge in [0.1, 0.15) is 0 Å². The molecule has 78 valence electrons. The monoisotopic (exact) mass is 196 g/mol. The molecular weight excluding hydrogens is 180 g/mol. The van der Waals surface area contributed by atoms with E-state index >= 15 is 0 Å². The molecular formula is C11H16O3. The third-order valence-electron chi connectivity index (χ3n) is 2.00. The van der Waals surface area contributed by atoms with Crippen molar-refractivity contribution in [2.24, 2.45) is 0 Å². The van der Waals surface area contributed by atoms with E-state index in [9.17, 15) is 9.59 Å². The van der Waals surface area contributed by atoms with E-state index in [2.05, 4.69) is 4.74 Å². The third-order valence-corrected chi connectivity index (χ3v) is 2.00. The maximum Gasteiger partial charge on any atom is 0.341 e. The number of esters is 2. The summed E-state index contributed by atoms with van der Waals surface area (Å²) < 4.78 is 4.62. The molecule has 0 aliphatic rings. The van der Waals surface area contributed by atoms with E-state index in [0.29, 0.717) is 11.1 Å². The van der Waals surface area contributed by atoms with Crippen LogP contribution in [0.15, 0.2) is 22.8 Å². The van der Waals surface area contributed by atoms with E-state index in [-0.39, 0.29) is 0 Å². The number of rotatable bonds is 2. The van der Waals surface area contributed by atoms with Crippen LogP contribution in [0.25, 0.3) is 0 Å². The van der Waals surface area contributed by atoms with Crippen LogP contribution in [-0.2, 0) is 14.3 Å². The fraction of sp³-hybridized carbons (Fsp3) is 0.455. The Balaban J connectivity index is 4.51. The van der Waals surface area contributed by atoms with E-state index in [0.717, 1.165) is 5.57 Å². The van der Waals surface area contributed by atoms with E-state index in [1.165, 1.54) is 0 Å². The highest BCUT2D eigenvalue weighted by molar-refractivity contribution is 6.01. The van der Waals surface area contributed by atoms with Gasteiger partial charge in [-0.25, -0.2) is 9.59 Å². The van der Waals surface area contributed by atoms with Crippen molar-refractivity contribution in [3.05, 3.63) is 22.8 Å². The molecule has 0 fully saturated rings. The quantitative estimate of drug-likeness (QED) is 0.387. The topological polar surface area (TPSA) is 43.4 Å². The van der Waals surface area contributed by atoms with Gasteiger partial charge in [-0.2, -0.15) is 0 Å². The average Bonchev–Trinajstić information content (AvgIpc) is 2.14. The number of allylic oxidation sites excluding steroid dienone is 2. The van der Waals surface area contributed by atoms with Gasteiger partial charge < -0.3 is 4.74 Å². The molecule has 0 saturated carbocycles. The Kier molecular flexibility index (Phi) is 4.84. The molecule has 3 heteroatoms. The van der Waals surface area contributed by atoms with Crippen molar-refractivity contribution >= 4 is 11.9 Å². The predicted molar refractivity (Wildman–Crippen MR) is 54.6 cm³/mol. The van der Waals surface area contributed by atoms with E-state index in [1.54, 1.807) is 40.7 Å². The van der Waals surface area contributed by atoms with Crippen LogP contribution in [0.1, 0.15) is 34.6 Å². The minimum atomic E-state index is -0.585. The number of hydrogen-bond donors (Lipinski definition) is 0. The van der Waals surface area contributed by atoms with Crippen LogP contribution < -0.4 is 0 Å². The lowest BCUT2D eigenvalue weighted by atomic mass is 10.2. The minimum absolute atomic E-state index is 0.430. The van der Waals surface area contributed by atoms with Crippen molar-refractivity contribution in [3.63, 3.8) is 0 Å². The van der Waals surface area contributed by atoms with Gasteiger partial charge >= 0.3 is 11.9 Å². The molecule has 0 saturated heterocycles. The van der Waals surface area contributed by atoms with Gasteiger partial charge in [0.05, 0.1) is 0 Å². The second-order valence-electron chi connectivity index (χ2n) is 3.27. The Morgan fingerprint density at radius 3 is 1.86 bits per heavy atom. The standard InChI is InChI=1S/C11H16O3/c1-6-8(4)10(12)14-11(13)9(5)7(2)3/h6H,1-5H3. The highest BCUT2D eigenvalue weighted by Crippen LogP contribution is 2.06. The Morgan fingerprint density at radius 2 is 1.50 bits per heavy atom. The van der Waals surface area contributed by atoms with Gasteiger partial charge in [0.15, 0.2) is 0 Å². The van der Waals surface area contributed by atoms with Crippen molar-refractivity contribution in [2.45, 2.75) is 34.6 Å². The van der Waals surface area contributed by atoms with Gasteiger partial charge in [0, 0.05) is 11.1 Å². The SMILES string of the molecule is CC=C(C)C(=O)OC(=O)C(C)=C(C)C. The van der Waals surface area contributed by atoms with Crippen molar-refractivity contribution < 1.29 is 14.3 Å². The summed E-state index contributed by atoms with van der Waals surface area (Å²) >= 11 is 0. The first-order valence-electron chi connectivity index (χ1n) is 4.43. The molecule has 0 rings (SSSR count). The smallest absolute Gasteiger partial charge is 0.341 e. The van der Waals surface area contributed by atoms with E-state index in [4.69, 9.17) is 0 Å². The Bertz CT molecular complexity index is 304. The summed E-state index contributed by atoms with van der Waals surface area (Å²) in [6, 6.07) is 0. The third kappa shape index (κ3) is 3.56. The second-order valence-corrected chi connectivity index (χ2v) is 3.27. The second kappa shape index (κ2) is 5.37. The summed E-state index contributed by atoms with van der Waals surface area (Å²) in [5.41, 5.74) is 1.75. The van der Waals surface area contributed by atoms with Crippen LogP contribution in [-0.4, -0.2) is 11.9 Å². The molecule has 0 aliphatic carbocycles. The van der Waals surface area contributed by atoms with Gasteiger partial charge in [-0.1, -0.05) is 11.6 Å². The summed E-state index contributed by atoms with van der Waals surface area (Å²) in [5, 5.41) is 0. The average molecular weight is 196 g/mol. The van der Waals surface area contributed by atoms with Crippen LogP contribution in [0.2, 0.25) is 0 Å². The van der Waals surface area contributed by atoms with Crippen LogP contribution >= 0.6 is 0 Å². The Hall–Kier alpha value is -1.38. The number of carbonyl (C=O) groups excluding carboxylic acids is 2. The molecule has 0 N–H and O–H groups in total. The largest absolute Gasteiger partial charge is 0.386 e. The number of ether oxygens (including phenoxy) is 1. The molecule has 0 bridgehead atoms. The van der Waals surface area contributed by atoms with Gasteiger partial charge in [-0.3, -0.25) is 0 Å². The van der Waals surface area contributed by atoms with Gasteiger partial charge in [-0.05, 0) is 34.6 Å². The Morgan fingerprint density at radius 1 is 1.00 bits per heavy atom. The fourth-order valence-electron chi connectivity index (χ4n) is 0.563. The van der Waals surface area contributed by atoms with Crippen molar-refractivity contribution in [3.8, 4) is 0 Å². The molecule has 0 aliphatic heterocycles. The molecule has 0 heterocycles. The summed E-state index contributed by atoms with van der Waals surface area (Å²) in [7, 11) is 0. The van der Waals surface area contributed by atoms with Gasteiger partial charge in [0.25, 0.3) is 0 Å². The molecule has 3 nitrogen and oxygen atoms in total. The summed E-state index contributed by atoms with van der Waals surface area (Å²) in [5.74, 6) is -1.16. The minimum Gasteiger partial charge on any atom is -0.386 e. The van der Waals surface area contributed by atoms with E-state index in [1.807, 2.05) is 0 Å². The first kappa shape index (κ1) is 12.6. The fourth-order valence-corrected chi connectivity index (χ4v) is 0.563. The highest BCUT2D eigenvalue weighted by atomic mass is 16.6. The number of hydrogen-bond acceptors (Lipinski definition) is 3. The molecule has 0 aromatic carbocycles.